The maximum absolute atomic E-state index is 12.7. The molecular weight excluding hydrogens is 384 g/mol. The quantitative estimate of drug-likeness (QED) is 0.660. The van der Waals surface area contributed by atoms with E-state index in [1.807, 2.05) is 36.0 Å². The van der Waals surface area contributed by atoms with Gasteiger partial charge in [0, 0.05) is 68.9 Å². The number of urea groups is 1. The van der Waals surface area contributed by atoms with E-state index in [1.54, 1.807) is 17.3 Å². The minimum Gasteiger partial charge on any atom is -0.396 e. The van der Waals surface area contributed by atoms with Crippen LogP contribution in [0.15, 0.2) is 48.8 Å². The highest BCUT2D eigenvalue weighted by molar-refractivity contribution is 7.99. The molecule has 1 aromatic carbocycles. The van der Waals surface area contributed by atoms with E-state index in [0.29, 0.717) is 19.5 Å². The van der Waals surface area contributed by atoms with E-state index in [9.17, 15) is 4.79 Å². The predicted molar refractivity (Wildman–Crippen MR) is 119 cm³/mol. The second-order valence-corrected chi connectivity index (χ2v) is 8.41. The summed E-state index contributed by atoms with van der Waals surface area (Å²) in [7, 11) is 0. The van der Waals surface area contributed by atoms with Crippen LogP contribution < -0.4 is 5.32 Å². The van der Waals surface area contributed by atoms with Gasteiger partial charge in [-0.3, -0.25) is 4.98 Å². The summed E-state index contributed by atoms with van der Waals surface area (Å²) in [5, 5.41) is 12.1. The molecule has 0 aliphatic carbocycles. The van der Waals surface area contributed by atoms with Crippen molar-refractivity contribution < 1.29 is 9.90 Å². The maximum Gasteiger partial charge on any atom is 0.322 e. The molecule has 2 aromatic rings. The maximum atomic E-state index is 12.7. The number of aliphatic hydroxyl groups is 1. The van der Waals surface area contributed by atoms with Gasteiger partial charge in [0.15, 0.2) is 0 Å². The van der Waals surface area contributed by atoms with Crippen molar-refractivity contribution in [2.45, 2.75) is 19.4 Å². The molecule has 2 amide bonds. The first-order valence-corrected chi connectivity index (χ1v) is 11.3. The predicted octanol–water partition coefficient (Wildman–Crippen LogP) is 3.09. The normalized spacial score (nSPS) is 14.5. The molecular formula is C22H30N4O2S. The van der Waals surface area contributed by atoms with Gasteiger partial charge in [0.25, 0.3) is 0 Å². The second-order valence-electron chi connectivity index (χ2n) is 7.19. The molecule has 156 valence electrons. The van der Waals surface area contributed by atoms with Gasteiger partial charge >= 0.3 is 6.03 Å². The second kappa shape index (κ2) is 11.8. The molecule has 1 fully saturated rings. The van der Waals surface area contributed by atoms with E-state index < -0.39 is 0 Å². The molecule has 1 aliphatic heterocycles. The Labute approximate surface area is 177 Å². The lowest BCUT2D eigenvalue weighted by Gasteiger charge is -2.26. The number of anilines is 1. The van der Waals surface area contributed by atoms with Crippen LogP contribution >= 0.6 is 11.8 Å². The highest BCUT2D eigenvalue weighted by atomic mass is 32.2. The number of hydrogen-bond donors (Lipinski definition) is 2. The summed E-state index contributed by atoms with van der Waals surface area (Å²) in [4.78, 5) is 21.0. The number of nitrogens with zero attached hydrogens (tertiary/aromatic N) is 3. The van der Waals surface area contributed by atoms with Gasteiger partial charge < -0.3 is 20.2 Å². The molecule has 0 radical (unpaired) electrons. The number of carbonyl (C=O) groups is 1. The van der Waals surface area contributed by atoms with E-state index in [1.165, 1.54) is 30.2 Å². The summed E-state index contributed by atoms with van der Waals surface area (Å²) < 4.78 is 0. The van der Waals surface area contributed by atoms with E-state index in [0.717, 1.165) is 24.2 Å². The van der Waals surface area contributed by atoms with Gasteiger partial charge in [-0.05, 0) is 48.2 Å². The fraction of sp³-hybridized carbons (Fsp3) is 0.455. The zero-order valence-electron chi connectivity index (χ0n) is 16.8. The van der Waals surface area contributed by atoms with Crippen molar-refractivity contribution in [1.82, 2.24) is 14.8 Å². The Morgan fingerprint density at radius 2 is 1.83 bits per heavy atom. The van der Waals surface area contributed by atoms with Gasteiger partial charge in [-0.1, -0.05) is 12.1 Å². The minimum absolute atomic E-state index is 0.0600. The van der Waals surface area contributed by atoms with E-state index >= 15 is 0 Å². The molecule has 7 heteroatoms. The average molecular weight is 415 g/mol. The molecule has 0 spiro atoms. The van der Waals surface area contributed by atoms with Crippen LogP contribution in [0.1, 0.15) is 17.5 Å². The van der Waals surface area contributed by atoms with Gasteiger partial charge in [-0.2, -0.15) is 11.8 Å². The molecule has 1 saturated heterocycles. The minimum atomic E-state index is -0.158. The SMILES string of the molecule is O=C(Nc1ccc(CCN2CCSCC2)cc1)N(CCCO)Cc1ccncc1. The van der Waals surface area contributed by atoms with Crippen molar-refractivity contribution in [2.75, 3.05) is 49.6 Å². The molecule has 1 aromatic heterocycles. The summed E-state index contributed by atoms with van der Waals surface area (Å²) in [5.74, 6) is 2.47. The number of hydrogen-bond acceptors (Lipinski definition) is 5. The molecule has 0 unspecified atom stereocenters. The number of aliphatic hydroxyl groups excluding tert-OH is 1. The smallest absolute Gasteiger partial charge is 0.322 e. The molecule has 6 nitrogen and oxygen atoms in total. The van der Waals surface area contributed by atoms with Crippen molar-refractivity contribution in [3.63, 3.8) is 0 Å². The van der Waals surface area contributed by atoms with E-state index in [-0.39, 0.29) is 12.6 Å². The number of amides is 2. The standard InChI is InChI=1S/C22H30N4O2S/c27-15-1-11-26(18-20-6-9-23-10-7-20)22(28)24-21-4-2-19(3-5-21)8-12-25-13-16-29-17-14-25/h2-7,9-10,27H,1,8,11-18H2,(H,24,28). The van der Waals surface area contributed by atoms with Crippen molar-refractivity contribution in [1.29, 1.82) is 0 Å². The van der Waals surface area contributed by atoms with Crippen molar-refractivity contribution in [2.24, 2.45) is 0 Å². The largest absolute Gasteiger partial charge is 0.396 e. The summed E-state index contributed by atoms with van der Waals surface area (Å²) in [6.07, 6.45) is 5.02. The molecule has 29 heavy (non-hydrogen) atoms. The van der Waals surface area contributed by atoms with E-state index in [2.05, 4.69) is 27.3 Å². The first-order valence-electron chi connectivity index (χ1n) is 10.2. The monoisotopic (exact) mass is 414 g/mol. The number of pyridine rings is 1. The zero-order valence-corrected chi connectivity index (χ0v) is 17.6. The number of thioether (sulfide) groups is 1. The Kier molecular flexibility index (Phi) is 8.80. The fourth-order valence-corrected chi connectivity index (χ4v) is 4.27. The summed E-state index contributed by atoms with van der Waals surface area (Å²) in [5.41, 5.74) is 3.09. The molecule has 0 atom stereocenters. The Balaban J connectivity index is 1.52. The van der Waals surface area contributed by atoms with E-state index in [4.69, 9.17) is 5.11 Å². The topological polar surface area (TPSA) is 68.7 Å². The van der Waals surface area contributed by atoms with Crippen LogP contribution in [-0.4, -0.2) is 70.2 Å². The molecule has 0 saturated carbocycles. The van der Waals surface area contributed by atoms with Gasteiger partial charge in [-0.25, -0.2) is 4.79 Å². The first-order chi connectivity index (χ1) is 14.2. The Morgan fingerprint density at radius 1 is 1.10 bits per heavy atom. The lowest BCUT2D eigenvalue weighted by atomic mass is 10.1. The van der Waals surface area contributed by atoms with Crippen LogP contribution in [0.3, 0.4) is 0 Å². The van der Waals surface area contributed by atoms with Gasteiger partial charge in [0.2, 0.25) is 0 Å². The zero-order chi connectivity index (χ0) is 20.3. The number of carbonyl (C=O) groups excluding carboxylic acids is 1. The number of nitrogens with one attached hydrogen (secondary N) is 1. The van der Waals surface area contributed by atoms with Crippen LogP contribution in [0.25, 0.3) is 0 Å². The molecule has 0 bridgehead atoms. The third kappa shape index (κ3) is 7.34. The highest BCUT2D eigenvalue weighted by Crippen LogP contribution is 2.14. The molecule has 2 heterocycles. The fourth-order valence-electron chi connectivity index (χ4n) is 3.29. The van der Waals surface area contributed by atoms with Gasteiger partial charge in [0.05, 0.1) is 0 Å². The number of aromatic nitrogens is 1. The lowest BCUT2D eigenvalue weighted by molar-refractivity contribution is 0.199. The molecule has 3 rings (SSSR count). The third-order valence-electron chi connectivity index (χ3n) is 5.02. The number of rotatable bonds is 9. The van der Waals surface area contributed by atoms with Gasteiger partial charge in [0.1, 0.15) is 0 Å². The Morgan fingerprint density at radius 3 is 2.52 bits per heavy atom. The summed E-state index contributed by atoms with van der Waals surface area (Å²) >= 11 is 2.03. The van der Waals surface area contributed by atoms with Crippen molar-refractivity contribution in [3.8, 4) is 0 Å². The van der Waals surface area contributed by atoms with Crippen LogP contribution in [0, 0.1) is 0 Å². The lowest BCUT2D eigenvalue weighted by Crippen LogP contribution is -2.35. The highest BCUT2D eigenvalue weighted by Gasteiger charge is 2.14. The van der Waals surface area contributed by atoms with Crippen LogP contribution in [0.5, 0.6) is 0 Å². The van der Waals surface area contributed by atoms with Crippen LogP contribution in [-0.2, 0) is 13.0 Å². The van der Waals surface area contributed by atoms with Crippen molar-refractivity contribution in [3.05, 3.63) is 59.9 Å². The van der Waals surface area contributed by atoms with Crippen LogP contribution in [0.4, 0.5) is 10.5 Å². The van der Waals surface area contributed by atoms with Crippen molar-refractivity contribution >= 4 is 23.5 Å². The van der Waals surface area contributed by atoms with Crippen LogP contribution in [0.2, 0.25) is 0 Å². The third-order valence-corrected chi connectivity index (χ3v) is 5.96. The first kappa shape index (κ1) is 21.6. The number of benzene rings is 1. The Hall–Kier alpha value is -2.09. The van der Waals surface area contributed by atoms with Gasteiger partial charge in [-0.15, -0.1) is 0 Å². The average Bonchev–Trinajstić information content (AvgIpc) is 2.77. The molecule has 2 N–H and O–H groups in total. The Bertz CT molecular complexity index is 736. The molecule has 1 aliphatic rings. The summed E-state index contributed by atoms with van der Waals surface area (Å²) in [6.45, 7) is 4.50. The summed E-state index contributed by atoms with van der Waals surface area (Å²) in [6, 6.07) is 11.8.